The van der Waals surface area contributed by atoms with Crippen LogP contribution in [0, 0.1) is 5.82 Å². The lowest BCUT2D eigenvalue weighted by Gasteiger charge is -2.14. The molecule has 31 heavy (non-hydrogen) atoms. The van der Waals surface area contributed by atoms with Crippen molar-refractivity contribution in [2.75, 3.05) is 0 Å². The second kappa shape index (κ2) is 8.57. The van der Waals surface area contributed by atoms with E-state index in [2.05, 4.69) is 19.9 Å². The molecule has 0 radical (unpaired) electrons. The molecule has 1 aromatic carbocycles. The minimum absolute atomic E-state index is 0.135. The number of rotatable bonds is 8. The highest BCUT2D eigenvalue weighted by atomic mass is 32.2. The summed E-state index contributed by atoms with van der Waals surface area (Å²) in [4.78, 5) is 4.49. The molecular weight excluding hydrogens is 445 g/mol. The molecule has 0 saturated heterocycles. The molecule has 3 heterocycles. The van der Waals surface area contributed by atoms with Crippen molar-refractivity contribution in [2.24, 2.45) is 0 Å². The SMILES string of the molecule is CCn1c(Oc2ccc(F)cc2)nnc1[C@@H](C)NS(=O)(=O)c1ccc(-c2cnco2)s1. The van der Waals surface area contributed by atoms with E-state index < -0.39 is 16.1 Å². The van der Waals surface area contributed by atoms with Crippen molar-refractivity contribution in [3.63, 3.8) is 0 Å². The minimum atomic E-state index is -3.81. The van der Waals surface area contributed by atoms with Gasteiger partial charge in [-0.1, -0.05) is 5.10 Å². The first-order chi connectivity index (χ1) is 14.9. The predicted molar refractivity (Wildman–Crippen MR) is 111 cm³/mol. The maximum absolute atomic E-state index is 13.1. The molecular formula is C19H18FN5O4S2. The van der Waals surface area contributed by atoms with E-state index in [1.165, 1.54) is 42.9 Å². The van der Waals surface area contributed by atoms with Gasteiger partial charge in [0.15, 0.2) is 18.0 Å². The molecule has 4 aromatic rings. The Hall–Kier alpha value is -3.09. The fourth-order valence-electron chi connectivity index (χ4n) is 2.88. The molecule has 12 heteroatoms. The van der Waals surface area contributed by atoms with Crippen molar-refractivity contribution in [3.8, 4) is 22.4 Å². The van der Waals surface area contributed by atoms with Crippen LogP contribution in [0.3, 0.4) is 0 Å². The molecule has 0 aliphatic rings. The summed E-state index contributed by atoms with van der Waals surface area (Å²) in [6.07, 6.45) is 2.80. The summed E-state index contributed by atoms with van der Waals surface area (Å²) < 4.78 is 54.1. The fraction of sp³-hybridized carbons (Fsp3) is 0.211. The van der Waals surface area contributed by atoms with Gasteiger partial charge in [-0.3, -0.25) is 4.57 Å². The lowest BCUT2D eigenvalue weighted by atomic mass is 10.3. The molecule has 0 fully saturated rings. The summed E-state index contributed by atoms with van der Waals surface area (Å²) in [7, 11) is -3.81. The van der Waals surface area contributed by atoms with Gasteiger partial charge in [0.2, 0.25) is 0 Å². The average Bonchev–Trinajstić information content (AvgIpc) is 3.49. The lowest BCUT2D eigenvalue weighted by Crippen LogP contribution is -2.28. The van der Waals surface area contributed by atoms with Crippen LogP contribution < -0.4 is 9.46 Å². The van der Waals surface area contributed by atoms with E-state index in [4.69, 9.17) is 9.15 Å². The summed E-state index contributed by atoms with van der Waals surface area (Å²) in [5, 5.41) is 8.10. The molecule has 1 atom stereocenters. The van der Waals surface area contributed by atoms with E-state index in [0.717, 1.165) is 11.3 Å². The van der Waals surface area contributed by atoms with Gasteiger partial charge >= 0.3 is 6.01 Å². The van der Waals surface area contributed by atoms with Crippen LogP contribution in [0.15, 0.2) is 57.6 Å². The van der Waals surface area contributed by atoms with Crippen LogP contribution in [0.2, 0.25) is 0 Å². The number of halogens is 1. The molecule has 3 aromatic heterocycles. The second-order valence-electron chi connectivity index (χ2n) is 6.47. The number of nitrogens with one attached hydrogen (secondary N) is 1. The van der Waals surface area contributed by atoms with E-state index in [1.807, 2.05) is 6.92 Å². The molecule has 0 aliphatic carbocycles. The Kier molecular flexibility index (Phi) is 5.85. The number of hydrogen-bond donors (Lipinski definition) is 1. The van der Waals surface area contributed by atoms with Crippen LogP contribution in [0.1, 0.15) is 25.7 Å². The Morgan fingerprint density at radius 2 is 2.00 bits per heavy atom. The van der Waals surface area contributed by atoms with Gasteiger partial charge in [0.25, 0.3) is 10.0 Å². The van der Waals surface area contributed by atoms with Gasteiger partial charge < -0.3 is 9.15 Å². The third-order valence-electron chi connectivity index (χ3n) is 4.33. The summed E-state index contributed by atoms with van der Waals surface area (Å²) in [6, 6.07) is 8.15. The van der Waals surface area contributed by atoms with Gasteiger partial charge in [-0.05, 0) is 50.2 Å². The molecule has 1 N–H and O–H groups in total. The summed E-state index contributed by atoms with van der Waals surface area (Å²) >= 11 is 1.07. The quantitative estimate of drug-likeness (QED) is 0.420. The number of sulfonamides is 1. The summed E-state index contributed by atoms with van der Waals surface area (Å²) in [5.74, 6) is 0.887. The highest BCUT2D eigenvalue weighted by Gasteiger charge is 2.25. The highest BCUT2D eigenvalue weighted by Crippen LogP contribution is 2.31. The Labute approximate surface area is 181 Å². The van der Waals surface area contributed by atoms with Crippen molar-refractivity contribution in [1.29, 1.82) is 0 Å². The lowest BCUT2D eigenvalue weighted by molar-refractivity contribution is 0.407. The number of thiophene rings is 1. The van der Waals surface area contributed by atoms with E-state index in [-0.39, 0.29) is 16.0 Å². The van der Waals surface area contributed by atoms with Crippen molar-refractivity contribution >= 4 is 21.4 Å². The Morgan fingerprint density at radius 3 is 2.68 bits per heavy atom. The average molecular weight is 464 g/mol. The fourth-order valence-corrected chi connectivity index (χ4v) is 5.36. The Morgan fingerprint density at radius 1 is 1.23 bits per heavy atom. The third kappa shape index (κ3) is 4.50. The van der Waals surface area contributed by atoms with Crippen molar-refractivity contribution in [3.05, 3.63) is 60.6 Å². The van der Waals surface area contributed by atoms with Gasteiger partial charge in [-0.25, -0.2) is 17.8 Å². The van der Waals surface area contributed by atoms with Crippen molar-refractivity contribution < 1.29 is 22.0 Å². The highest BCUT2D eigenvalue weighted by molar-refractivity contribution is 7.91. The molecule has 9 nitrogen and oxygen atoms in total. The van der Waals surface area contributed by atoms with Gasteiger partial charge in [-0.15, -0.1) is 16.4 Å². The summed E-state index contributed by atoms with van der Waals surface area (Å²) in [5.41, 5.74) is 0. The van der Waals surface area contributed by atoms with Gasteiger partial charge in [0, 0.05) is 6.54 Å². The maximum Gasteiger partial charge on any atom is 0.322 e. The molecule has 0 unspecified atom stereocenters. The van der Waals surface area contributed by atoms with Crippen LogP contribution in [0.4, 0.5) is 4.39 Å². The first-order valence-electron chi connectivity index (χ1n) is 9.25. The molecule has 0 aliphatic heterocycles. The number of hydrogen-bond acceptors (Lipinski definition) is 8. The van der Waals surface area contributed by atoms with E-state index >= 15 is 0 Å². The van der Waals surface area contributed by atoms with Crippen LogP contribution in [-0.4, -0.2) is 28.2 Å². The first kappa shape index (κ1) is 21.2. The van der Waals surface area contributed by atoms with Crippen LogP contribution in [0.25, 0.3) is 10.6 Å². The number of ether oxygens (including phenoxy) is 1. The summed E-state index contributed by atoms with van der Waals surface area (Å²) in [6.45, 7) is 3.97. The van der Waals surface area contributed by atoms with Crippen molar-refractivity contribution in [1.82, 2.24) is 24.5 Å². The molecule has 0 bridgehead atoms. The number of nitrogens with zero attached hydrogens (tertiary/aromatic N) is 4. The van der Waals surface area contributed by atoms with E-state index in [0.29, 0.717) is 28.8 Å². The van der Waals surface area contributed by atoms with Crippen LogP contribution >= 0.6 is 11.3 Å². The predicted octanol–water partition coefficient (Wildman–Crippen LogP) is 3.99. The van der Waals surface area contributed by atoms with Gasteiger partial charge in [0.05, 0.1) is 17.1 Å². The molecule has 162 valence electrons. The molecule has 0 spiro atoms. The van der Waals surface area contributed by atoms with Gasteiger partial charge in [0.1, 0.15) is 15.8 Å². The zero-order chi connectivity index (χ0) is 22.0. The smallest absolute Gasteiger partial charge is 0.322 e. The minimum Gasteiger partial charge on any atom is -0.443 e. The standard InChI is InChI=1S/C19H18FN5O4S2/c1-3-25-18(22-23-19(25)29-14-6-4-13(20)5-7-14)12(2)24-31(26,27)17-9-8-16(30-17)15-10-21-11-28-15/h4-12,24H,3H2,1-2H3/t12-/m1/s1. The second-order valence-corrected chi connectivity index (χ2v) is 9.49. The molecule has 4 rings (SSSR count). The van der Waals surface area contributed by atoms with Crippen LogP contribution in [0.5, 0.6) is 11.8 Å². The molecule has 0 saturated carbocycles. The number of benzene rings is 1. The van der Waals surface area contributed by atoms with E-state index in [1.54, 1.807) is 17.6 Å². The number of aromatic nitrogens is 4. The zero-order valence-electron chi connectivity index (χ0n) is 16.5. The Balaban J connectivity index is 1.53. The Bertz CT molecular complexity index is 1270. The topological polar surface area (TPSA) is 112 Å². The number of oxazole rings is 1. The zero-order valence-corrected chi connectivity index (χ0v) is 18.2. The first-order valence-corrected chi connectivity index (χ1v) is 11.5. The maximum atomic E-state index is 13.1. The van der Waals surface area contributed by atoms with E-state index in [9.17, 15) is 12.8 Å². The normalized spacial score (nSPS) is 12.7. The van der Waals surface area contributed by atoms with Crippen LogP contribution in [-0.2, 0) is 16.6 Å². The monoisotopic (exact) mass is 463 g/mol. The van der Waals surface area contributed by atoms with Gasteiger partial charge in [-0.2, -0.15) is 4.72 Å². The largest absolute Gasteiger partial charge is 0.443 e. The van der Waals surface area contributed by atoms with Crippen molar-refractivity contribution in [2.45, 2.75) is 30.6 Å². The third-order valence-corrected chi connectivity index (χ3v) is 7.46. The molecule has 0 amide bonds.